The molecule has 4 rings (SSSR count). The third kappa shape index (κ3) is 2.44. The number of fused-ring (bicyclic) bond motifs is 3. The van der Waals surface area contributed by atoms with E-state index in [0.717, 1.165) is 53.1 Å². The molecule has 1 aliphatic rings. The highest BCUT2D eigenvalue weighted by Gasteiger charge is 2.25. The van der Waals surface area contributed by atoms with E-state index < -0.39 is 0 Å². The summed E-state index contributed by atoms with van der Waals surface area (Å²) < 4.78 is 4.01. The topological polar surface area (TPSA) is 55.6 Å². The molecule has 0 fully saturated rings. The normalized spacial score (nSPS) is 17.2. The Hall–Kier alpha value is -1.73. The van der Waals surface area contributed by atoms with Crippen molar-refractivity contribution in [3.63, 3.8) is 0 Å². The van der Waals surface area contributed by atoms with Crippen LogP contribution in [0.4, 0.5) is 0 Å². The molecule has 1 N–H and O–H groups in total. The third-order valence-corrected chi connectivity index (χ3v) is 6.67. The molecule has 0 aromatic carbocycles. The maximum Gasteiger partial charge on any atom is 0.268 e. The summed E-state index contributed by atoms with van der Waals surface area (Å²) in [6.45, 7) is 9.03. The monoisotopic (exact) mass is 374 g/mol. The van der Waals surface area contributed by atoms with E-state index >= 15 is 0 Å². The lowest BCUT2D eigenvalue weighted by molar-refractivity contribution is 0.509. The minimum absolute atomic E-state index is 0.00680. The summed E-state index contributed by atoms with van der Waals surface area (Å²) in [6, 6.07) is 0. The highest BCUT2D eigenvalue weighted by molar-refractivity contribution is 7.71. The Morgan fingerprint density at radius 1 is 1.40 bits per heavy atom. The predicted molar refractivity (Wildman–Crippen MR) is 105 cm³/mol. The van der Waals surface area contributed by atoms with E-state index in [0.29, 0.717) is 10.7 Å². The second-order valence-corrected chi connectivity index (χ2v) is 8.45. The first-order chi connectivity index (χ1) is 11.9. The van der Waals surface area contributed by atoms with Crippen molar-refractivity contribution in [2.24, 2.45) is 5.92 Å². The standard InChI is InChI=1S/C18H22N4OS2/c1-5-21-11(4)15(10(3)20-21)22-17(23)14-12-7-6-9(2)8-13(12)25-16(14)19-18(22)24/h9H,5-8H2,1-4H3,(H,19,24)/t9-/m1/s1. The number of aromatic nitrogens is 4. The summed E-state index contributed by atoms with van der Waals surface area (Å²) in [4.78, 5) is 19.0. The van der Waals surface area contributed by atoms with Crippen molar-refractivity contribution in [1.82, 2.24) is 19.3 Å². The molecular formula is C18H22N4OS2. The average molecular weight is 375 g/mol. The van der Waals surface area contributed by atoms with E-state index in [1.165, 1.54) is 10.4 Å². The molecule has 7 heteroatoms. The van der Waals surface area contributed by atoms with Crippen LogP contribution in [0.2, 0.25) is 0 Å². The summed E-state index contributed by atoms with van der Waals surface area (Å²) in [6.07, 6.45) is 3.17. The predicted octanol–water partition coefficient (Wildman–Crippen LogP) is 4.07. The number of nitrogens with zero attached hydrogens (tertiary/aromatic N) is 3. The Kier molecular flexibility index (Phi) is 3.96. The fraction of sp³-hybridized carbons (Fsp3) is 0.500. The van der Waals surface area contributed by atoms with Gasteiger partial charge >= 0.3 is 0 Å². The molecule has 0 radical (unpaired) electrons. The quantitative estimate of drug-likeness (QED) is 0.688. The van der Waals surface area contributed by atoms with Gasteiger partial charge in [0.15, 0.2) is 4.77 Å². The first kappa shape index (κ1) is 16.7. The molecule has 1 atom stereocenters. The molecule has 0 saturated heterocycles. The van der Waals surface area contributed by atoms with Gasteiger partial charge in [-0.3, -0.25) is 9.48 Å². The Morgan fingerprint density at radius 2 is 2.16 bits per heavy atom. The van der Waals surface area contributed by atoms with E-state index in [2.05, 4.69) is 17.0 Å². The molecule has 0 amide bonds. The minimum Gasteiger partial charge on any atom is -0.323 e. The van der Waals surface area contributed by atoms with Gasteiger partial charge < -0.3 is 4.98 Å². The number of H-pyrrole nitrogens is 1. The van der Waals surface area contributed by atoms with Gasteiger partial charge in [0.1, 0.15) is 4.83 Å². The van der Waals surface area contributed by atoms with E-state index in [4.69, 9.17) is 12.2 Å². The molecule has 132 valence electrons. The van der Waals surface area contributed by atoms with Crippen LogP contribution in [0, 0.1) is 24.5 Å². The summed E-state index contributed by atoms with van der Waals surface area (Å²) in [5.41, 5.74) is 3.84. The zero-order chi connectivity index (χ0) is 17.9. The maximum atomic E-state index is 13.4. The summed E-state index contributed by atoms with van der Waals surface area (Å²) in [7, 11) is 0. The molecule has 0 spiro atoms. The van der Waals surface area contributed by atoms with E-state index in [1.54, 1.807) is 15.9 Å². The smallest absolute Gasteiger partial charge is 0.268 e. The fourth-order valence-corrected chi connectivity index (χ4v) is 5.69. The van der Waals surface area contributed by atoms with Crippen LogP contribution in [0.15, 0.2) is 4.79 Å². The van der Waals surface area contributed by atoms with E-state index in [1.807, 2.05) is 25.5 Å². The second kappa shape index (κ2) is 5.92. The lowest BCUT2D eigenvalue weighted by Gasteiger charge is -2.17. The van der Waals surface area contributed by atoms with Crippen LogP contribution >= 0.6 is 23.6 Å². The van der Waals surface area contributed by atoms with Crippen LogP contribution in [0.25, 0.3) is 15.9 Å². The SMILES string of the molecule is CCn1nc(C)c(-n2c(=S)[nH]c3sc4c(c3c2=O)CC[C@@H](C)C4)c1C. The lowest BCUT2D eigenvalue weighted by atomic mass is 9.89. The molecule has 3 aromatic heterocycles. The van der Waals surface area contributed by atoms with Crippen molar-refractivity contribution in [2.75, 3.05) is 0 Å². The van der Waals surface area contributed by atoms with Crippen molar-refractivity contribution < 1.29 is 0 Å². The molecule has 3 aromatic rings. The first-order valence-electron chi connectivity index (χ1n) is 8.76. The average Bonchev–Trinajstić information content (AvgIpc) is 3.05. The number of hydrogen-bond donors (Lipinski definition) is 1. The molecular weight excluding hydrogens is 352 g/mol. The van der Waals surface area contributed by atoms with Gasteiger partial charge in [-0.15, -0.1) is 11.3 Å². The Morgan fingerprint density at radius 3 is 2.84 bits per heavy atom. The number of rotatable bonds is 2. The van der Waals surface area contributed by atoms with Gasteiger partial charge in [0, 0.05) is 11.4 Å². The van der Waals surface area contributed by atoms with Crippen molar-refractivity contribution >= 4 is 33.8 Å². The van der Waals surface area contributed by atoms with Crippen molar-refractivity contribution in [3.05, 3.63) is 37.0 Å². The van der Waals surface area contributed by atoms with Crippen LogP contribution in [-0.4, -0.2) is 19.3 Å². The molecule has 3 heterocycles. The van der Waals surface area contributed by atoms with Crippen molar-refractivity contribution in [2.45, 2.75) is 53.5 Å². The first-order valence-corrected chi connectivity index (χ1v) is 9.98. The maximum absolute atomic E-state index is 13.4. The fourth-order valence-electron chi connectivity index (χ4n) is 3.94. The molecule has 25 heavy (non-hydrogen) atoms. The van der Waals surface area contributed by atoms with Gasteiger partial charge in [-0.25, -0.2) is 4.57 Å². The number of nitrogens with one attached hydrogen (secondary N) is 1. The lowest BCUT2D eigenvalue weighted by Crippen LogP contribution is -2.22. The third-order valence-electron chi connectivity index (χ3n) is 5.22. The van der Waals surface area contributed by atoms with Crippen LogP contribution in [0.3, 0.4) is 0 Å². The number of aryl methyl sites for hydroxylation is 3. The highest BCUT2D eigenvalue weighted by Crippen LogP contribution is 2.36. The van der Waals surface area contributed by atoms with Gasteiger partial charge in [-0.05, 0) is 63.7 Å². The van der Waals surface area contributed by atoms with E-state index in [9.17, 15) is 4.79 Å². The van der Waals surface area contributed by atoms with Gasteiger partial charge in [0.2, 0.25) is 0 Å². The Labute approximate surface area is 155 Å². The number of hydrogen-bond acceptors (Lipinski definition) is 4. The van der Waals surface area contributed by atoms with E-state index in [-0.39, 0.29) is 5.56 Å². The summed E-state index contributed by atoms with van der Waals surface area (Å²) in [5.74, 6) is 0.679. The molecule has 5 nitrogen and oxygen atoms in total. The Balaban J connectivity index is 2.05. The van der Waals surface area contributed by atoms with Gasteiger partial charge in [-0.1, -0.05) is 6.92 Å². The number of aromatic amines is 1. The summed E-state index contributed by atoms with van der Waals surface area (Å²) in [5, 5.41) is 5.37. The molecule has 0 unspecified atom stereocenters. The highest BCUT2D eigenvalue weighted by atomic mass is 32.1. The molecule has 0 saturated carbocycles. The zero-order valence-electron chi connectivity index (χ0n) is 15.0. The molecule has 1 aliphatic carbocycles. The number of thiophene rings is 1. The van der Waals surface area contributed by atoms with Crippen LogP contribution in [0.5, 0.6) is 0 Å². The minimum atomic E-state index is -0.00680. The molecule has 0 bridgehead atoms. The van der Waals surface area contributed by atoms with Gasteiger partial charge in [-0.2, -0.15) is 5.10 Å². The zero-order valence-corrected chi connectivity index (χ0v) is 16.6. The van der Waals surface area contributed by atoms with Gasteiger partial charge in [0.25, 0.3) is 5.56 Å². The summed E-state index contributed by atoms with van der Waals surface area (Å²) >= 11 is 7.25. The second-order valence-electron chi connectivity index (χ2n) is 6.96. The largest absolute Gasteiger partial charge is 0.323 e. The molecule has 0 aliphatic heterocycles. The van der Waals surface area contributed by atoms with Crippen LogP contribution < -0.4 is 5.56 Å². The van der Waals surface area contributed by atoms with Crippen LogP contribution in [-0.2, 0) is 19.4 Å². The van der Waals surface area contributed by atoms with Crippen LogP contribution in [0.1, 0.15) is 42.1 Å². The Bertz CT molecular complexity index is 1100. The van der Waals surface area contributed by atoms with Crippen molar-refractivity contribution in [3.8, 4) is 5.69 Å². The van der Waals surface area contributed by atoms with Crippen molar-refractivity contribution in [1.29, 1.82) is 0 Å². The van der Waals surface area contributed by atoms with Gasteiger partial charge in [0.05, 0.1) is 22.5 Å².